The van der Waals surface area contributed by atoms with Gasteiger partial charge in [0.25, 0.3) is 0 Å². The Bertz CT molecular complexity index is 463. The average molecular weight is 358 g/mol. The number of nitrogens with two attached hydrogens (primary N) is 1. The molecule has 0 aromatic heterocycles. The molecule has 0 aromatic carbocycles. The van der Waals surface area contributed by atoms with Gasteiger partial charge in [-0.1, -0.05) is 32.1 Å². The van der Waals surface area contributed by atoms with Gasteiger partial charge in [-0.15, -0.1) is 12.4 Å². The van der Waals surface area contributed by atoms with Crippen LogP contribution in [0.2, 0.25) is 0 Å². The summed E-state index contributed by atoms with van der Waals surface area (Å²) < 4.78 is 0. The molecular formula is C18H32ClN3O2. The zero-order valence-corrected chi connectivity index (χ0v) is 15.6. The summed E-state index contributed by atoms with van der Waals surface area (Å²) in [5.41, 5.74) is 5.92. The van der Waals surface area contributed by atoms with Crippen molar-refractivity contribution in [1.29, 1.82) is 0 Å². The topological polar surface area (TPSA) is 75.4 Å². The van der Waals surface area contributed by atoms with E-state index < -0.39 is 5.54 Å². The zero-order valence-electron chi connectivity index (χ0n) is 14.8. The van der Waals surface area contributed by atoms with E-state index in [-0.39, 0.29) is 36.2 Å². The molecular weight excluding hydrogens is 326 g/mol. The lowest BCUT2D eigenvalue weighted by molar-refractivity contribution is -0.130. The average Bonchev–Trinajstić information content (AvgIpc) is 2.88. The molecule has 1 saturated heterocycles. The van der Waals surface area contributed by atoms with Crippen molar-refractivity contribution in [3.05, 3.63) is 0 Å². The number of halogens is 1. The minimum absolute atomic E-state index is 0. The van der Waals surface area contributed by atoms with Crippen molar-refractivity contribution in [1.82, 2.24) is 10.2 Å². The number of carbonyl (C=O) groups excluding carboxylic acids is 2. The van der Waals surface area contributed by atoms with Crippen LogP contribution < -0.4 is 11.1 Å². The fourth-order valence-corrected chi connectivity index (χ4v) is 4.66. The van der Waals surface area contributed by atoms with Gasteiger partial charge in [0.1, 0.15) is 0 Å². The van der Waals surface area contributed by atoms with Crippen LogP contribution in [0, 0.1) is 5.92 Å². The van der Waals surface area contributed by atoms with Gasteiger partial charge in [-0.25, -0.2) is 0 Å². The number of likely N-dealkylation sites (tertiary alicyclic amines) is 1. The highest BCUT2D eigenvalue weighted by atomic mass is 35.5. The molecule has 3 fully saturated rings. The van der Waals surface area contributed by atoms with Gasteiger partial charge in [0.15, 0.2) is 0 Å². The van der Waals surface area contributed by atoms with Gasteiger partial charge >= 0.3 is 0 Å². The minimum atomic E-state index is -0.409. The number of amides is 2. The van der Waals surface area contributed by atoms with E-state index in [0.29, 0.717) is 19.0 Å². The van der Waals surface area contributed by atoms with E-state index in [0.717, 1.165) is 38.5 Å². The lowest BCUT2D eigenvalue weighted by atomic mass is 9.74. The molecule has 1 heterocycles. The third-order valence-corrected chi connectivity index (χ3v) is 6.09. The summed E-state index contributed by atoms with van der Waals surface area (Å²) in [7, 11) is 0. The van der Waals surface area contributed by atoms with E-state index in [2.05, 4.69) is 5.32 Å². The number of carbonyl (C=O) groups is 2. The second-order valence-corrected chi connectivity index (χ2v) is 8.05. The van der Waals surface area contributed by atoms with Gasteiger partial charge in [-0.2, -0.15) is 0 Å². The molecule has 3 N–H and O–H groups in total. The molecule has 3 rings (SSSR count). The maximum absolute atomic E-state index is 12.6. The third-order valence-electron chi connectivity index (χ3n) is 6.09. The van der Waals surface area contributed by atoms with Crippen molar-refractivity contribution in [3.63, 3.8) is 0 Å². The van der Waals surface area contributed by atoms with E-state index >= 15 is 0 Å². The number of nitrogens with one attached hydrogen (secondary N) is 1. The monoisotopic (exact) mass is 357 g/mol. The Morgan fingerprint density at radius 2 is 1.83 bits per heavy atom. The Morgan fingerprint density at radius 1 is 1.17 bits per heavy atom. The van der Waals surface area contributed by atoms with E-state index in [1.807, 2.05) is 11.8 Å². The first-order chi connectivity index (χ1) is 11.0. The smallest absolute Gasteiger partial charge is 0.225 e. The van der Waals surface area contributed by atoms with E-state index in [4.69, 9.17) is 5.73 Å². The van der Waals surface area contributed by atoms with Crippen LogP contribution in [0.1, 0.15) is 71.1 Å². The van der Waals surface area contributed by atoms with Crippen LogP contribution in [0.3, 0.4) is 0 Å². The Labute approximate surface area is 151 Å². The quantitative estimate of drug-likeness (QED) is 0.814. The zero-order chi connectivity index (χ0) is 16.4. The molecule has 1 aliphatic heterocycles. The first-order valence-electron chi connectivity index (χ1n) is 9.36. The predicted molar refractivity (Wildman–Crippen MR) is 96.9 cm³/mol. The van der Waals surface area contributed by atoms with Gasteiger partial charge in [0.2, 0.25) is 11.8 Å². The van der Waals surface area contributed by atoms with Crippen LogP contribution >= 0.6 is 12.4 Å². The first kappa shape index (κ1) is 19.5. The minimum Gasteiger partial charge on any atom is -0.351 e. The van der Waals surface area contributed by atoms with E-state index in [1.165, 1.54) is 19.3 Å². The normalized spacial score (nSPS) is 34.8. The van der Waals surface area contributed by atoms with Crippen LogP contribution in [-0.2, 0) is 9.59 Å². The van der Waals surface area contributed by atoms with Gasteiger partial charge in [-0.05, 0) is 32.6 Å². The molecule has 0 spiro atoms. The van der Waals surface area contributed by atoms with Gasteiger partial charge < -0.3 is 16.0 Å². The third kappa shape index (κ3) is 4.23. The van der Waals surface area contributed by atoms with Crippen LogP contribution in [0.15, 0.2) is 0 Å². The van der Waals surface area contributed by atoms with Crippen LogP contribution in [0.4, 0.5) is 0 Å². The molecule has 0 radical (unpaired) electrons. The largest absolute Gasteiger partial charge is 0.351 e. The van der Waals surface area contributed by atoms with Gasteiger partial charge in [0, 0.05) is 24.5 Å². The number of rotatable bonds is 3. The molecule has 0 aromatic rings. The summed E-state index contributed by atoms with van der Waals surface area (Å²) in [6, 6.07) is 0.363. The molecule has 5 nitrogen and oxygen atoms in total. The summed E-state index contributed by atoms with van der Waals surface area (Å²) in [6.07, 6.45) is 10.4. The second kappa shape index (κ2) is 8.05. The lowest BCUT2D eigenvalue weighted by Gasteiger charge is -2.37. The fourth-order valence-electron chi connectivity index (χ4n) is 4.66. The van der Waals surface area contributed by atoms with Crippen molar-refractivity contribution in [2.75, 3.05) is 6.54 Å². The Morgan fingerprint density at radius 3 is 2.50 bits per heavy atom. The molecule has 6 heteroatoms. The van der Waals surface area contributed by atoms with Crippen LogP contribution in [0.25, 0.3) is 0 Å². The lowest BCUT2D eigenvalue weighted by Crippen LogP contribution is -2.54. The molecule has 2 saturated carbocycles. The Balaban J connectivity index is 0.00000208. The predicted octanol–water partition coefficient (Wildman–Crippen LogP) is 2.37. The molecule has 138 valence electrons. The van der Waals surface area contributed by atoms with Crippen molar-refractivity contribution in [3.8, 4) is 0 Å². The van der Waals surface area contributed by atoms with Crippen LogP contribution in [0.5, 0.6) is 0 Å². The Hall–Kier alpha value is -0.810. The maximum Gasteiger partial charge on any atom is 0.225 e. The van der Waals surface area contributed by atoms with Crippen molar-refractivity contribution < 1.29 is 9.59 Å². The SMILES string of the molecule is CC1(N)CCCCC1C(=O)NC1CC(=O)N(C2CCCCC2)C1.Cl. The molecule has 2 amide bonds. The molecule has 3 aliphatic rings. The van der Waals surface area contributed by atoms with Crippen molar-refractivity contribution in [2.45, 2.75) is 88.8 Å². The maximum atomic E-state index is 12.6. The fraction of sp³-hybridized carbons (Fsp3) is 0.889. The summed E-state index contributed by atoms with van der Waals surface area (Å²) in [5, 5.41) is 3.12. The van der Waals surface area contributed by atoms with E-state index in [1.54, 1.807) is 0 Å². The Kier molecular flexibility index (Phi) is 6.54. The molecule has 2 aliphatic carbocycles. The van der Waals surface area contributed by atoms with Crippen molar-refractivity contribution in [2.24, 2.45) is 11.7 Å². The molecule has 24 heavy (non-hydrogen) atoms. The number of hydrogen-bond acceptors (Lipinski definition) is 3. The highest BCUT2D eigenvalue weighted by Crippen LogP contribution is 2.32. The van der Waals surface area contributed by atoms with Gasteiger partial charge in [0.05, 0.1) is 12.0 Å². The number of hydrogen-bond donors (Lipinski definition) is 2. The van der Waals surface area contributed by atoms with E-state index in [9.17, 15) is 9.59 Å². The van der Waals surface area contributed by atoms with Crippen molar-refractivity contribution >= 4 is 24.2 Å². The summed E-state index contributed by atoms with van der Waals surface area (Å²) >= 11 is 0. The second-order valence-electron chi connectivity index (χ2n) is 8.05. The highest BCUT2D eigenvalue weighted by molar-refractivity contribution is 5.85. The summed E-state index contributed by atoms with van der Waals surface area (Å²) in [5.74, 6) is 0.148. The first-order valence-corrected chi connectivity index (χ1v) is 9.36. The van der Waals surface area contributed by atoms with Gasteiger partial charge in [-0.3, -0.25) is 9.59 Å². The highest BCUT2D eigenvalue weighted by Gasteiger charge is 2.40. The molecule has 3 unspecified atom stereocenters. The molecule has 3 atom stereocenters. The summed E-state index contributed by atoms with van der Waals surface area (Å²) in [6.45, 7) is 2.67. The molecule has 0 bridgehead atoms. The standard InChI is InChI=1S/C18H31N3O2.ClH/c1-18(19)10-6-5-9-15(18)17(23)20-13-11-16(22)21(12-13)14-7-3-2-4-8-14;/h13-15H,2-12,19H2,1H3,(H,20,23);1H. The summed E-state index contributed by atoms with van der Waals surface area (Å²) in [4.78, 5) is 27.0. The number of nitrogens with zero attached hydrogens (tertiary/aromatic N) is 1. The van der Waals surface area contributed by atoms with Crippen LogP contribution in [-0.4, -0.2) is 40.9 Å².